The van der Waals surface area contributed by atoms with Crippen molar-refractivity contribution < 1.29 is 0 Å². The molecular formula is C33H64N2. The topological polar surface area (TPSA) is 6.48 Å². The minimum Gasteiger partial charge on any atom is -0.306 e. The van der Waals surface area contributed by atoms with Gasteiger partial charge in [0, 0.05) is 0 Å². The average Bonchev–Trinajstić information content (AvgIpc) is 2.96. The molecule has 2 aliphatic rings. The number of rotatable bonds is 0. The molecule has 0 radical (unpaired) electrons. The van der Waals surface area contributed by atoms with Crippen LogP contribution in [-0.4, -0.2) is 50.1 Å². The predicted molar refractivity (Wildman–Crippen MR) is 166 cm³/mol. The van der Waals surface area contributed by atoms with E-state index in [-0.39, 0.29) is 0 Å². The molecule has 2 heterocycles. The zero-order chi connectivity index (χ0) is 27.6. The number of benzene rings is 2. The molecule has 35 heavy (non-hydrogen) atoms. The van der Waals surface area contributed by atoms with Crippen LogP contribution in [0.25, 0.3) is 0 Å². The molecule has 2 aliphatic heterocycles. The maximum absolute atomic E-state index is 2.39. The van der Waals surface area contributed by atoms with E-state index in [9.17, 15) is 0 Å². The second-order valence-corrected chi connectivity index (χ2v) is 7.54. The van der Waals surface area contributed by atoms with E-state index in [4.69, 9.17) is 0 Å². The Bertz CT molecular complexity index is 473. The van der Waals surface area contributed by atoms with Gasteiger partial charge in [0.15, 0.2) is 0 Å². The van der Waals surface area contributed by atoms with Crippen LogP contribution in [0.15, 0.2) is 66.7 Å². The summed E-state index contributed by atoms with van der Waals surface area (Å²) in [6.45, 7) is 23.4. The summed E-state index contributed by atoms with van der Waals surface area (Å²) in [4.78, 5) is 4.78. The fourth-order valence-electron chi connectivity index (χ4n) is 3.02. The van der Waals surface area contributed by atoms with Gasteiger partial charge in [-0.05, 0) is 72.9 Å². The summed E-state index contributed by atoms with van der Waals surface area (Å²) in [6, 6.07) is 22.3. The second kappa shape index (κ2) is 39.6. The van der Waals surface area contributed by atoms with Crippen molar-refractivity contribution in [2.24, 2.45) is 0 Å². The van der Waals surface area contributed by atoms with E-state index < -0.39 is 0 Å². The van der Waals surface area contributed by atoms with Crippen molar-refractivity contribution in [3.05, 3.63) is 72.3 Å². The minimum absolute atomic E-state index is 1.32. The molecule has 2 fully saturated rings. The lowest BCUT2D eigenvalue weighted by molar-refractivity contribution is 0.277. The van der Waals surface area contributed by atoms with Gasteiger partial charge in [-0.3, -0.25) is 0 Å². The first-order valence-corrected chi connectivity index (χ1v) is 14.6. The fourth-order valence-corrected chi connectivity index (χ4v) is 3.02. The maximum Gasteiger partial charge on any atom is -0.00218 e. The molecule has 2 nitrogen and oxygen atoms in total. The van der Waals surface area contributed by atoms with Gasteiger partial charge in [-0.15, -0.1) is 0 Å². The number of hydrogen-bond acceptors (Lipinski definition) is 2. The minimum atomic E-state index is 1.32. The highest BCUT2D eigenvalue weighted by Gasteiger charge is 2.02. The van der Waals surface area contributed by atoms with Crippen molar-refractivity contribution in [1.29, 1.82) is 0 Å². The molecular weight excluding hydrogens is 424 g/mol. The highest BCUT2D eigenvalue weighted by molar-refractivity contribution is 5.11. The van der Waals surface area contributed by atoms with Crippen molar-refractivity contribution in [3.63, 3.8) is 0 Å². The summed E-state index contributed by atoms with van der Waals surface area (Å²) in [5.41, 5.74) is 1.32. The SMILES string of the molecule is CC.CC.CC.CC.CN1CCCCC1.CN1CCCCC1.Cc1ccccc1.c1ccccc1. The third-order valence-corrected chi connectivity index (χ3v) is 4.77. The molecule has 206 valence electrons. The first-order valence-electron chi connectivity index (χ1n) is 14.6. The summed E-state index contributed by atoms with van der Waals surface area (Å²) in [5, 5.41) is 0. The van der Waals surface area contributed by atoms with Crippen LogP contribution in [0.2, 0.25) is 0 Å². The van der Waals surface area contributed by atoms with Crippen molar-refractivity contribution in [3.8, 4) is 0 Å². The number of piperidine rings is 2. The van der Waals surface area contributed by atoms with E-state index in [1.54, 1.807) is 0 Å². The van der Waals surface area contributed by atoms with Gasteiger partial charge in [-0.2, -0.15) is 0 Å². The molecule has 2 heteroatoms. The Balaban J connectivity index is -0.000000167. The highest BCUT2D eigenvalue weighted by atomic mass is 15.1. The Kier molecular flexibility index (Phi) is 45.8. The molecule has 0 spiro atoms. The third kappa shape index (κ3) is 37.1. The second-order valence-electron chi connectivity index (χ2n) is 7.54. The van der Waals surface area contributed by atoms with E-state index in [2.05, 4.69) is 43.0 Å². The Labute approximate surface area is 223 Å². The monoisotopic (exact) mass is 489 g/mol. The van der Waals surface area contributed by atoms with E-state index in [0.717, 1.165) is 0 Å². The summed E-state index contributed by atoms with van der Waals surface area (Å²) in [7, 11) is 4.39. The zero-order valence-electron chi connectivity index (χ0n) is 25.8. The number of hydrogen-bond donors (Lipinski definition) is 0. The van der Waals surface area contributed by atoms with Crippen molar-refractivity contribution >= 4 is 0 Å². The van der Waals surface area contributed by atoms with Gasteiger partial charge in [-0.25, -0.2) is 0 Å². The fraction of sp³-hybridized carbons (Fsp3) is 0.636. The predicted octanol–water partition coefficient (Wildman–Crippen LogP) is 9.99. The summed E-state index contributed by atoms with van der Waals surface area (Å²) in [5.74, 6) is 0. The lowest BCUT2D eigenvalue weighted by Crippen LogP contribution is -2.24. The van der Waals surface area contributed by atoms with Gasteiger partial charge in [-0.1, -0.05) is 141 Å². The molecule has 0 N–H and O–H groups in total. The Hall–Kier alpha value is -1.64. The molecule has 0 bridgehead atoms. The largest absolute Gasteiger partial charge is 0.306 e. The van der Waals surface area contributed by atoms with Crippen LogP contribution >= 0.6 is 0 Å². The Morgan fingerprint density at radius 1 is 0.400 bits per heavy atom. The van der Waals surface area contributed by atoms with Crippen LogP contribution in [0.4, 0.5) is 0 Å². The Morgan fingerprint density at radius 2 is 0.629 bits per heavy atom. The number of likely N-dealkylation sites (tertiary alicyclic amines) is 2. The quantitative estimate of drug-likeness (QED) is 0.364. The number of aryl methyl sites for hydroxylation is 1. The van der Waals surface area contributed by atoms with E-state index >= 15 is 0 Å². The van der Waals surface area contributed by atoms with Gasteiger partial charge in [0.1, 0.15) is 0 Å². The third-order valence-electron chi connectivity index (χ3n) is 4.77. The Morgan fingerprint density at radius 3 is 0.771 bits per heavy atom. The van der Waals surface area contributed by atoms with Gasteiger partial charge in [0.2, 0.25) is 0 Å². The van der Waals surface area contributed by atoms with Crippen LogP contribution in [0.5, 0.6) is 0 Å². The van der Waals surface area contributed by atoms with Crippen LogP contribution in [0, 0.1) is 6.92 Å². The van der Waals surface area contributed by atoms with Crippen molar-refractivity contribution in [2.45, 2.75) is 101 Å². The van der Waals surface area contributed by atoms with Crippen LogP contribution in [0.1, 0.15) is 99.5 Å². The van der Waals surface area contributed by atoms with E-state index in [0.29, 0.717) is 0 Å². The van der Waals surface area contributed by atoms with Gasteiger partial charge >= 0.3 is 0 Å². The highest BCUT2D eigenvalue weighted by Crippen LogP contribution is 2.05. The molecule has 0 aliphatic carbocycles. The maximum atomic E-state index is 2.39. The van der Waals surface area contributed by atoms with Gasteiger partial charge in [0.25, 0.3) is 0 Å². The standard InChI is InChI=1S/C7H8.2C6H13N.C6H6.4C2H6/c3*1-7-5-3-2-4-6-7;1-2-4-6-5-3-1;4*1-2/h2-6H,1H3;2*2-6H2,1H3;1-6H;4*1-2H3. The lowest BCUT2D eigenvalue weighted by atomic mass is 10.1. The van der Waals surface area contributed by atoms with Crippen molar-refractivity contribution in [1.82, 2.24) is 9.80 Å². The molecule has 0 amide bonds. The first-order chi connectivity index (χ1) is 17.2. The molecule has 4 rings (SSSR count). The molecule has 2 aromatic carbocycles. The molecule has 0 unspecified atom stereocenters. The molecule has 2 saturated heterocycles. The van der Waals surface area contributed by atoms with Gasteiger partial charge in [0.05, 0.1) is 0 Å². The van der Waals surface area contributed by atoms with E-state index in [1.165, 1.54) is 70.3 Å². The number of nitrogens with zero attached hydrogens (tertiary/aromatic N) is 2. The summed E-state index contributed by atoms with van der Waals surface area (Å²) in [6.07, 6.45) is 8.55. The molecule has 0 saturated carbocycles. The van der Waals surface area contributed by atoms with Gasteiger partial charge < -0.3 is 9.80 Å². The summed E-state index contributed by atoms with van der Waals surface area (Å²) < 4.78 is 0. The van der Waals surface area contributed by atoms with Crippen LogP contribution in [-0.2, 0) is 0 Å². The van der Waals surface area contributed by atoms with E-state index in [1.807, 2.05) is 110 Å². The summed E-state index contributed by atoms with van der Waals surface area (Å²) >= 11 is 0. The van der Waals surface area contributed by atoms with Crippen LogP contribution in [0.3, 0.4) is 0 Å². The average molecular weight is 489 g/mol. The zero-order valence-corrected chi connectivity index (χ0v) is 25.8. The molecule has 0 atom stereocenters. The van der Waals surface area contributed by atoms with Crippen molar-refractivity contribution in [2.75, 3.05) is 40.3 Å². The normalized spacial score (nSPS) is 13.9. The molecule has 0 aromatic heterocycles. The molecule has 2 aromatic rings. The first kappa shape index (κ1) is 40.5. The van der Waals surface area contributed by atoms with Crippen LogP contribution < -0.4 is 0 Å². The lowest BCUT2D eigenvalue weighted by Gasteiger charge is -2.20. The smallest absolute Gasteiger partial charge is 0.00218 e.